The number of ether oxygens (including phenoxy) is 1. The average molecular weight is 461 g/mol. The summed E-state index contributed by atoms with van der Waals surface area (Å²) < 4.78 is 32.0. The largest absolute Gasteiger partial charge is 0.375 e. The summed E-state index contributed by atoms with van der Waals surface area (Å²) in [7, 11) is 3.22. The summed E-state index contributed by atoms with van der Waals surface area (Å²) >= 11 is 0. The molecule has 0 aliphatic carbocycles. The van der Waals surface area contributed by atoms with Crippen LogP contribution in [0.4, 0.5) is 8.78 Å². The van der Waals surface area contributed by atoms with E-state index in [0.29, 0.717) is 24.6 Å². The molecule has 1 unspecified atom stereocenters. The molecule has 0 amide bonds. The van der Waals surface area contributed by atoms with Crippen LogP contribution in [-0.4, -0.2) is 26.7 Å². The third kappa shape index (κ3) is 6.58. The van der Waals surface area contributed by atoms with Crippen LogP contribution >= 0.6 is 24.0 Å². The second kappa shape index (κ2) is 11.0. The lowest BCUT2D eigenvalue weighted by atomic mass is 10.1. The first-order chi connectivity index (χ1) is 11.6. The Morgan fingerprint density at radius 1 is 1.08 bits per heavy atom. The summed E-state index contributed by atoms with van der Waals surface area (Å²) in [6.45, 7) is 0.764. The quantitative estimate of drug-likeness (QED) is 0.393. The lowest BCUT2D eigenvalue weighted by Crippen LogP contribution is -2.39. The highest BCUT2D eigenvalue weighted by atomic mass is 127. The molecule has 0 saturated carbocycles. The van der Waals surface area contributed by atoms with Gasteiger partial charge in [0, 0.05) is 32.8 Å². The van der Waals surface area contributed by atoms with E-state index < -0.39 is 0 Å². The minimum atomic E-state index is -0.288. The van der Waals surface area contributed by atoms with E-state index in [0.717, 1.165) is 5.56 Å². The minimum absolute atomic E-state index is 0. The van der Waals surface area contributed by atoms with Crippen molar-refractivity contribution in [2.24, 2.45) is 4.99 Å². The smallest absolute Gasteiger partial charge is 0.191 e. The predicted octanol–water partition coefficient (Wildman–Crippen LogP) is 3.64. The van der Waals surface area contributed by atoms with Gasteiger partial charge in [0.2, 0.25) is 0 Å². The third-order valence-electron chi connectivity index (χ3n) is 3.61. The predicted molar refractivity (Wildman–Crippen MR) is 106 cm³/mol. The number of rotatable bonds is 6. The second-order valence-electron chi connectivity index (χ2n) is 5.17. The molecule has 2 N–H and O–H groups in total. The van der Waals surface area contributed by atoms with Gasteiger partial charge in [0.1, 0.15) is 11.6 Å². The van der Waals surface area contributed by atoms with Crippen molar-refractivity contribution < 1.29 is 13.5 Å². The third-order valence-corrected chi connectivity index (χ3v) is 3.61. The summed E-state index contributed by atoms with van der Waals surface area (Å²) in [5.41, 5.74) is 1.42. The maximum atomic E-state index is 13.6. The first-order valence-electron chi connectivity index (χ1n) is 7.60. The van der Waals surface area contributed by atoms with E-state index in [-0.39, 0.29) is 41.7 Å². The molecule has 0 radical (unpaired) electrons. The molecule has 2 rings (SSSR count). The lowest BCUT2D eigenvalue weighted by molar-refractivity contribution is 0.106. The molecule has 7 heteroatoms. The van der Waals surface area contributed by atoms with Gasteiger partial charge in [0.25, 0.3) is 0 Å². The van der Waals surface area contributed by atoms with Crippen molar-refractivity contribution in [3.05, 3.63) is 71.3 Å². The van der Waals surface area contributed by atoms with Gasteiger partial charge in [-0.1, -0.05) is 30.3 Å². The van der Waals surface area contributed by atoms with Crippen molar-refractivity contribution in [3.8, 4) is 0 Å². The number of hydrogen-bond acceptors (Lipinski definition) is 2. The zero-order valence-electron chi connectivity index (χ0n) is 14.1. The van der Waals surface area contributed by atoms with Crippen LogP contribution in [0, 0.1) is 11.6 Å². The standard InChI is InChI=1S/C18H21F2N3O.HI/c1-21-18(22-11-14-5-3-4-6-16(14)20)23-12-17(24-2)13-7-9-15(19)10-8-13;/h3-10,17H,11-12H2,1-2H3,(H2,21,22,23);1H. The highest BCUT2D eigenvalue weighted by molar-refractivity contribution is 14.0. The van der Waals surface area contributed by atoms with Gasteiger partial charge in [-0.25, -0.2) is 8.78 Å². The second-order valence-corrected chi connectivity index (χ2v) is 5.17. The van der Waals surface area contributed by atoms with E-state index in [1.54, 1.807) is 44.5 Å². The van der Waals surface area contributed by atoms with E-state index in [4.69, 9.17) is 4.74 Å². The van der Waals surface area contributed by atoms with E-state index in [1.807, 2.05) is 0 Å². The zero-order valence-corrected chi connectivity index (χ0v) is 16.5. The van der Waals surface area contributed by atoms with E-state index in [2.05, 4.69) is 15.6 Å². The van der Waals surface area contributed by atoms with Crippen LogP contribution in [0.1, 0.15) is 17.2 Å². The summed E-state index contributed by atoms with van der Waals surface area (Å²) in [5, 5.41) is 6.17. The molecule has 0 heterocycles. The molecular weight excluding hydrogens is 439 g/mol. The molecule has 0 bridgehead atoms. The van der Waals surface area contributed by atoms with Gasteiger partial charge in [-0.15, -0.1) is 24.0 Å². The molecule has 2 aromatic rings. The number of halogens is 3. The highest BCUT2D eigenvalue weighted by Gasteiger charge is 2.11. The molecule has 2 aromatic carbocycles. The Morgan fingerprint density at radius 2 is 1.76 bits per heavy atom. The Hall–Kier alpha value is -1.74. The SMILES string of the molecule is CN=C(NCc1ccccc1F)NCC(OC)c1ccc(F)cc1.I. The first kappa shape index (κ1) is 21.3. The summed E-state index contributed by atoms with van der Waals surface area (Å²) in [4.78, 5) is 4.10. The van der Waals surface area contributed by atoms with Gasteiger partial charge >= 0.3 is 0 Å². The number of methoxy groups -OCH3 is 1. The van der Waals surface area contributed by atoms with Crippen LogP contribution in [-0.2, 0) is 11.3 Å². The van der Waals surface area contributed by atoms with Crippen LogP contribution in [0.15, 0.2) is 53.5 Å². The number of guanidine groups is 1. The van der Waals surface area contributed by atoms with Gasteiger partial charge in [-0.05, 0) is 23.8 Å². The Labute approximate surface area is 163 Å². The molecule has 1 atom stereocenters. The van der Waals surface area contributed by atoms with Gasteiger partial charge in [0.15, 0.2) is 5.96 Å². The van der Waals surface area contributed by atoms with Gasteiger partial charge in [-0.3, -0.25) is 4.99 Å². The molecule has 136 valence electrons. The molecule has 0 saturated heterocycles. The van der Waals surface area contributed by atoms with Crippen molar-refractivity contribution in [2.45, 2.75) is 12.6 Å². The fourth-order valence-electron chi connectivity index (χ4n) is 2.25. The molecule has 0 aromatic heterocycles. The van der Waals surface area contributed by atoms with Crippen molar-refractivity contribution in [3.63, 3.8) is 0 Å². The lowest BCUT2D eigenvalue weighted by Gasteiger charge is -2.19. The molecule has 0 aliphatic rings. The Bertz CT molecular complexity index is 680. The fraction of sp³-hybridized carbons (Fsp3) is 0.278. The summed E-state index contributed by atoms with van der Waals surface area (Å²) in [6, 6.07) is 12.7. The van der Waals surface area contributed by atoms with Crippen molar-refractivity contribution in [2.75, 3.05) is 20.7 Å². The van der Waals surface area contributed by atoms with Gasteiger partial charge in [-0.2, -0.15) is 0 Å². The zero-order chi connectivity index (χ0) is 17.4. The molecule has 0 spiro atoms. The summed E-state index contributed by atoms with van der Waals surface area (Å²) in [6.07, 6.45) is -0.252. The van der Waals surface area contributed by atoms with Gasteiger partial charge in [0.05, 0.1) is 6.10 Å². The molecule has 4 nitrogen and oxygen atoms in total. The van der Waals surface area contributed by atoms with Crippen LogP contribution in [0.25, 0.3) is 0 Å². The van der Waals surface area contributed by atoms with E-state index in [9.17, 15) is 8.78 Å². The molecule has 25 heavy (non-hydrogen) atoms. The highest BCUT2D eigenvalue weighted by Crippen LogP contribution is 2.16. The number of aliphatic imine (C=N–C) groups is 1. The minimum Gasteiger partial charge on any atom is -0.375 e. The fourth-order valence-corrected chi connectivity index (χ4v) is 2.25. The van der Waals surface area contributed by atoms with Crippen LogP contribution in [0.3, 0.4) is 0 Å². The number of hydrogen-bond donors (Lipinski definition) is 2. The molecular formula is C18H22F2IN3O. The van der Waals surface area contributed by atoms with Crippen LogP contribution in [0.2, 0.25) is 0 Å². The van der Waals surface area contributed by atoms with Crippen LogP contribution < -0.4 is 10.6 Å². The summed E-state index contributed by atoms with van der Waals surface area (Å²) in [5.74, 6) is -0.0205. The van der Waals surface area contributed by atoms with Crippen LogP contribution in [0.5, 0.6) is 0 Å². The normalized spacial score (nSPS) is 12.2. The molecule has 0 aliphatic heterocycles. The number of benzene rings is 2. The average Bonchev–Trinajstić information content (AvgIpc) is 2.60. The number of nitrogens with one attached hydrogen (secondary N) is 2. The van der Waals surface area contributed by atoms with Crippen molar-refractivity contribution in [1.29, 1.82) is 0 Å². The van der Waals surface area contributed by atoms with Crippen molar-refractivity contribution in [1.82, 2.24) is 10.6 Å². The Balaban J connectivity index is 0.00000312. The van der Waals surface area contributed by atoms with Crippen molar-refractivity contribution >= 4 is 29.9 Å². The number of nitrogens with zero attached hydrogens (tertiary/aromatic N) is 1. The Morgan fingerprint density at radius 3 is 2.36 bits per heavy atom. The first-order valence-corrected chi connectivity index (χ1v) is 7.60. The molecule has 0 fully saturated rings. The van der Waals surface area contributed by atoms with E-state index in [1.165, 1.54) is 18.2 Å². The maximum absolute atomic E-state index is 13.6. The van der Waals surface area contributed by atoms with E-state index >= 15 is 0 Å². The Kier molecular flexibility index (Phi) is 9.36. The van der Waals surface area contributed by atoms with Gasteiger partial charge < -0.3 is 15.4 Å². The monoisotopic (exact) mass is 461 g/mol. The topological polar surface area (TPSA) is 45.7 Å². The maximum Gasteiger partial charge on any atom is 0.191 e.